The van der Waals surface area contributed by atoms with E-state index in [1.165, 1.54) is 0 Å². The number of rotatable bonds is 4. The summed E-state index contributed by atoms with van der Waals surface area (Å²) in [5.74, 6) is -0.00618. The van der Waals surface area contributed by atoms with Gasteiger partial charge in [-0.15, -0.1) is 0 Å². The van der Waals surface area contributed by atoms with E-state index in [2.05, 4.69) is 0 Å². The lowest BCUT2D eigenvalue weighted by molar-refractivity contribution is -0.134. The minimum absolute atomic E-state index is 0.0696. The first kappa shape index (κ1) is 15.8. The number of hydrogen-bond acceptors (Lipinski definition) is 2. The lowest BCUT2D eigenvalue weighted by atomic mass is 10.1. The van der Waals surface area contributed by atoms with Gasteiger partial charge in [0.25, 0.3) is 5.91 Å². The molecular formula is C15H18F3NO2. The van der Waals surface area contributed by atoms with Crippen LogP contribution in [0.5, 0.6) is 0 Å². The predicted octanol–water partition coefficient (Wildman–Crippen LogP) is 2.64. The smallest absolute Gasteiger partial charge is 0.389 e. The standard InChI is InChI=1S/C15H18F3NO2/c16-15(17,18)7-5-11-1-3-13(4-2-11)14(21)19-8-6-12(9-19)10-20/h1-4,12,20H,5-10H2. The molecule has 1 N–H and O–H groups in total. The summed E-state index contributed by atoms with van der Waals surface area (Å²) in [6, 6.07) is 6.28. The van der Waals surface area contributed by atoms with Crippen LogP contribution in [0.4, 0.5) is 13.2 Å². The lowest BCUT2D eigenvalue weighted by Gasteiger charge is -2.16. The van der Waals surface area contributed by atoms with Crippen molar-refractivity contribution in [2.24, 2.45) is 5.92 Å². The fourth-order valence-corrected chi connectivity index (χ4v) is 2.45. The van der Waals surface area contributed by atoms with Crippen molar-refractivity contribution in [3.05, 3.63) is 35.4 Å². The molecule has 1 unspecified atom stereocenters. The molecule has 1 aliphatic rings. The third kappa shape index (κ3) is 4.46. The topological polar surface area (TPSA) is 40.5 Å². The number of aliphatic hydroxyl groups excluding tert-OH is 1. The van der Waals surface area contributed by atoms with Gasteiger partial charge in [-0.05, 0) is 30.5 Å². The quantitative estimate of drug-likeness (QED) is 0.929. The molecule has 0 bridgehead atoms. The van der Waals surface area contributed by atoms with Gasteiger partial charge < -0.3 is 10.0 Å². The van der Waals surface area contributed by atoms with E-state index in [9.17, 15) is 18.0 Å². The molecule has 2 rings (SSSR count). The maximum Gasteiger partial charge on any atom is 0.389 e. The van der Waals surface area contributed by atoms with Crippen LogP contribution >= 0.6 is 0 Å². The first-order chi connectivity index (χ1) is 9.89. The summed E-state index contributed by atoms with van der Waals surface area (Å²) >= 11 is 0. The fraction of sp³-hybridized carbons (Fsp3) is 0.533. The van der Waals surface area contributed by atoms with Gasteiger partial charge in [-0.2, -0.15) is 13.2 Å². The van der Waals surface area contributed by atoms with Crippen LogP contribution < -0.4 is 0 Å². The Hall–Kier alpha value is -1.56. The number of halogens is 3. The van der Waals surface area contributed by atoms with Crippen LogP contribution in [0.3, 0.4) is 0 Å². The van der Waals surface area contributed by atoms with Crippen molar-refractivity contribution in [3.63, 3.8) is 0 Å². The third-order valence-electron chi connectivity index (χ3n) is 3.73. The molecule has 0 radical (unpaired) electrons. The highest BCUT2D eigenvalue weighted by Gasteiger charge is 2.27. The molecule has 1 atom stereocenters. The normalized spacial score (nSPS) is 19.0. The maximum absolute atomic E-state index is 12.2. The molecule has 1 heterocycles. The van der Waals surface area contributed by atoms with Gasteiger partial charge in [0.2, 0.25) is 0 Å². The SMILES string of the molecule is O=C(c1ccc(CCC(F)(F)F)cc1)N1CCC(CO)C1. The number of nitrogens with zero attached hydrogens (tertiary/aromatic N) is 1. The number of amides is 1. The van der Waals surface area contributed by atoms with Gasteiger partial charge in [-0.25, -0.2) is 0 Å². The van der Waals surface area contributed by atoms with Crippen LogP contribution in [-0.4, -0.2) is 41.8 Å². The number of aliphatic hydroxyl groups is 1. The van der Waals surface area contributed by atoms with Crippen LogP contribution in [-0.2, 0) is 6.42 Å². The average Bonchev–Trinajstić information content (AvgIpc) is 2.93. The van der Waals surface area contributed by atoms with E-state index in [-0.39, 0.29) is 24.9 Å². The maximum atomic E-state index is 12.2. The summed E-state index contributed by atoms with van der Waals surface area (Å²) in [5, 5.41) is 9.07. The molecular weight excluding hydrogens is 283 g/mol. The molecule has 0 spiro atoms. The third-order valence-corrected chi connectivity index (χ3v) is 3.73. The van der Waals surface area contributed by atoms with E-state index in [1.54, 1.807) is 29.2 Å². The molecule has 1 aromatic rings. The summed E-state index contributed by atoms with van der Waals surface area (Å²) in [6.45, 7) is 1.21. The van der Waals surface area contributed by atoms with Gasteiger partial charge in [-0.1, -0.05) is 12.1 Å². The number of carbonyl (C=O) groups excluding carboxylic acids is 1. The van der Waals surface area contributed by atoms with Crippen LogP contribution in [0.1, 0.15) is 28.8 Å². The molecule has 21 heavy (non-hydrogen) atoms. The van der Waals surface area contributed by atoms with Gasteiger partial charge in [0.15, 0.2) is 0 Å². The number of aryl methyl sites for hydroxylation is 1. The van der Waals surface area contributed by atoms with Gasteiger partial charge in [0.05, 0.1) is 0 Å². The fourth-order valence-electron chi connectivity index (χ4n) is 2.45. The monoisotopic (exact) mass is 301 g/mol. The zero-order valence-electron chi connectivity index (χ0n) is 11.6. The number of alkyl halides is 3. The molecule has 3 nitrogen and oxygen atoms in total. The summed E-state index contributed by atoms with van der Waals surface area (Å²) < 4.78 is 36.4. The molecule has 1 fully saturated rings. The number of benzene rings is 1. The van der Waals surface area contributed by atoms with Gasteiger partial charge in [0, 0.05) is 37.6 Å². The van der Waals surface area contributed by atoms with Crippen molar-refractivity contribution < 1.29 is 23.1 Å². The van der Waals surface area contributed by atoms with E-state index < -0.39 is 12.6 Å². The summed E-state index contributed by atoms with van der Waals surface area (Å²) in [4.78, 5) is 13.9. The first-order valence-electron chi connectivity index (χ1n) is 6.95. The molecule has 0 aliphatic carbocycles. The second kappa shape index (κ2) is 6.47. The average molecular weight is 301 g/mol. The van der Waals surface area contributed by atoms with Crippen LogP contribution in [0.25, 0.3) is 0 Å². The molecule has 1 aromatic carbocycles. The Balaban J connectivity index is 1.94. The second-order valence-electron chi connectivity index (χ2n) is 5.40. The molecule has 6 heteroatoms. The molecule has 116 valence electrons. The van der Waals surface area contributed by atoms with Crippen LogP contribution in [0.15, 0.2) is 24.3 Å². The van der Waals surface area contributed by atoms with E-state index in [1.807, 2.05) is 0 Å². The van der Waals surface area contributed by atoms with E-state index in [4.69, 9.17) is 5.11 Å². The Morgan fingerprint density at radius 3 is 2.48 bits per heavy atom. The summed E-state index contributed by atoms with van der Waals surface area (Å²) in [6.07, 6.45) is -4.31. The molecule has 1 amide bonds. The van der Waals surface area contributed by atoms with Crippen LogP contribution in [0.2, 0.25) is 0 Å². The van der Waals surface area contributed by atoms with E-state index in [0.29, 0.717) is 24.2 Å². The summed E-state index contributed by atoms with van der Waals surface area (Å²) in [7, 11) is 0. The highest BCUT2D eigenvalue weighted by Crippen LogP contribution is 2.23. The van der Waals surface area contributed by atoms with Crippen molar-refractivity contribution >= 4 is 5.91 Å². The van der Waals surface area contributed by atoms with E-state index >= 15 is 0 Å². The van der Waals surface area contributed by atoms with Gasteiger partial charge in [0.1, 0.15) is 0 Å². The summed E-state index contributed by atoms with van der Waals surface area (Å²) in [5.41, 5.74) is 1.04. The minimum atomic E-state index is -4.16. The van der Waals surface area contributed by atoms with E-state index in [0.717, 1.165) is 6.42 Å². The zero-order chi connectivity index (χ0) is 15.5. The first-order valence-corrected chi connectivity index (χ1v) is 6.95. The molecule has 0 aromatic heterocycles. The van der Waals surface area contributed by atoms with Crippen molar-refractivity contribution in [2.45, 2.75) is 25.4 Å². The number of hydrogen-bond donors (Lipinski definition) is 1. The predicted molar refractivity (Wildman–Crippen MR) is 71.9 cm³/mol. The Morgan fingerprint density at radius 1 is 1.29 bits per heavy atom. The number of likely N-dealkylation sites (tertiary alicyclic amines) is 1. The number of carbonyl (C=O) groups is 1. The van der Waals surface area contributed by atoms with Crippen molar-refractivity contribution in [1.29, 1.82) is 0 Å². The highest BCUT2D eigenvalue weighted by molar-refractivity contribution is 5.94. The lowest BCUT2D eigenvalue weighted by Crippen LogP contribution is -2.29. The van der Waals surface area contributed by atoms with Crippen molar-refractivity contribution in [3.8, 4) is 0 Å². The van der Waals surface area contributed by atoms with Crippen molar-refractivity contribution in [1.82, 2.24) is 4.90 Å². The highest BCUT2D eigenvalue weighted by atomic mass is 19.4. The zero-order valence-corrected chi connectivity index (χ0v) is 11.6. The molecule has 1 aliphatic heterocycles. The van der Waals surface area contributed by atoms with Gasteiger partial charge >= 0.3 is 6.18 Å². The largest absolute Gasteiger partial charge is 0.396 e. The second-order valence-corrected chi connectivity index (χ2v) is 5.40. The van der Waals surface area contributed by atoms with Crippen LogP contribution in [0, 0.1) is 5.92 Å². The van der Waals surface area contributed by atoms with Crippen molar-refractivity contribution in [2.75, 3.05) is 19.7 Å². The Kier molecular flexibility index (Phi) is 4.88. The Morgan fingerprint density at radius 2 is 1.95 bits per heavy atom. The molecule has 0 saturated carbocycles. The Labute approximate surface area is 121 Å². The Bertz CT molecular complexity index is 485. The minimum Gasteiger partial charge on any atom is -0.396 e. The van der Waals surface area contributed by atoms with Gasteiger partial charge in [-0.3, -0.25) is 4.79 Å². The molecule has 1 saturated heterocycles.